The summed E-state index contributed by atoms with van der Waals surface area (Å²) in [6.07, 6.45) is 4.78. The van der Waals surface area contributed by atoms with Gasteiger partial charge in [0.15, 0.2) is 11.4 Å². The number of rotatable bonds is 2. The molecule has 2 unspecified atom stereocenters. The number of aldehydes is 1. The summed E-state index contributed by atoms with van der Waals surface area (Å²) in [7, 11) is 2.25. The zero-order valence-electron chi connectivity index (χ0n) is 11.6. The van der Waals surface area contributed by atoms with Gasteiger partial charge in [0, 0.05) is 19.1 Å². The molecule has 2 atom stereocenters. The van der Waals surface area contributed by atoms with E-state index in [1.54, 1.807) is 0 Å². The van der Waals surface area contributed by atoms with Crippen molar-refractivity contribution in [3.8, 4) is 0 Å². The van der Waals surface area contributed by atoms with Crippen LogP contribution in [0.3, 0.4) is 0 Å². The molecule has 2 aliphatic rings. The number of carbonyl (C=O) groups excluding carboxylic acids is 1. The number of hydrogen-bond acceptors (Lipinski definition) is 5. The highest BCUT2D eigenvalue weighted by atomic mass is 32.1. The molecule has 0 N–H and O–H groups in total. The summed E-state index contributed by atoms with van der Waals surface area (Å²) in [4.78, 5) is 21.2. The molecule has 4 nitrogen and oxygen atoms in total. The molecule has 3 rings (SSSR count). The molecule has 2 aliphatic heterocycles. The van der Waals surface area contributed by atoms with E-state index in [2.05, 4.69) is 21.8 Å². The Bertz CT molecular complexity index is 473. The second kappa shape index (κ2) is 5.21. The Morgan fingerprint density at radius 3 is 2.95 bits per heavy atom. The van der Waals surface area contributed by atoms with Crippen LogP contribution in [0.2, 0.25) is 0 Å². The Kier molecular flexibility index (Phi) is 3.58. The first-order valence-electron chi connectivity index (χ1n) is 7.07. The lowest BCUT2D eigenvalue weighted by Gasteiger charge is -2.45. The average Bonchev–Trinajstić information content (AvgIpc) is 2.80. The van der Waals surface area contributed by atoms with E-state index in [0.29, 0.717) is 0 Å². The second-order valence-electron chi connectivity index (χ2n) is 5.75. The largest absolute Gasteiger partial charge is 0.348 e. The Hall–Kier alpha value is -0.940. The Labute approximate surface area is 118 Å². The summed E-state index contributed by atoms with van der Waals surface area (Å²) in [5.74, 6) is 0.761. The van der Waals surface area contributed by atoms with E-state index in [1.165, 1.54) is 37.1 Å². The number of piperidine rings is 2. The predicted octanol–water partition coefficient (Wildman–Crippen LogP) is 2.18. The van der Waals surface area contributed by atoms with Crippen molar-refractivity contribution in [3.63, 3.8) is 0 Å². The van der Waals surface area contributed by atoms with Crippen LogP contribution in [0.15, 0.2) is 0 Å². The van der Waals surface area contributed by atoms with Gasteiger partial charge < -0.3 is 9.80 Å². The monoisotopic (exact) mass is 279 g/mol. The van der Waals surface area contributed by atoms with Gasteiger partial charge in [0.25, 0.3) is 0 Å². The summed E-state index contributed by atoms with van der Waals surface area (Å²) < 4.78 is 0. The molecule has 0 amide bonds. The summed E-state index contributed by atoms with van der Waals surface area (Å²) in [5, 5.41) is 1.03. The summed E-state index contributed by atoms with van der Waals surface area (Å²) in [6.45, 7) is 5.33. The van der Waals surface area contributed by atoms with E-state index < -0.39 is 0 Å². The molecule has 2 fully saturated rings. The highest BCUT2D eigenvalue weighted by Gasteiger charge is 2.35. The zero-order valence-corrected chi connectivity index (χ0v) is 12.4. The molecular formula is C14H21N3OS. The lowest BCUT2D eigenvalue weighted by Crippen LogP contribution is -2.52. The molecule has 3 heterocycles. The van der Waals surface area contributed by atoms with E-state index in [0.717, 1.165) is 47.0 Å². The lowest BCUT2D eigenvalue weighted by molar-refractivity contribution is 0.102. The normalized spacial score (nSPS) is 28.2. The number of likely N-dealkylation sites (tertiary alicyclic amines) is 1. The minimum Gasteiger partial charge on any atom is -0.348 e. The van der Waals surface area contributed by atoms with Crippen LogP contribution < -0.4 is 4.90 Å². The van der Waals surface area contributed by atoms with Crippen molar-refractivity contribution >= 4 is 22.8 Å². The van der Waals surface area contributed by atoms with Gasteiger partial charge in [0.1, 0.15) is 0 Å². The minimum absolute atomic E-state index is 0.747. The average molecular weight is 279 g/mol. The third-order valence-electron chi connectivity index (χ3n) is 4.54. The zero-order chi connectivity index (χ0) is 13.4. The molecule has 19 heavy (non-hydrogen) atoms. The first-order valence-corrected chi connectivity index (χ1v) is 7.88. The van der Waals surface area contributed by atoms with Crippen molar-refractivity contribution in [1.29, 1.82) is 0 Å². The summed E-state index contributed by atoms with van der Waals surface area (Å²) in [6, 6.07) is 0.747. The lowest BCUT2D eigenvalue weighted by atomic mass is 9.84. The van der Waals surface area contributed by atoms with E-state index >= 15 is 0 Å². The molecule has 104 valence electrons. The number of aryl methyl sites for hydroxylation is 1. The van der Waals surface area contributed by atoms with Crippen molar-refractivity contribution in [2.24, 2.45) is 5.92 Å². The third-order valence-corrected chi connectivity index (χ3v) is 5.69. The van der Waals surface area contributed by atoms with Crippen LogP contribution in [-0.4, -0.2) is 48.9 Å². The van der Waals surface area contributed by atoms with Crippen LogP contribution >= 0.6 is 11.3 Å². The number of thiazole rings is 1. The number of carbonyl (C=O) groups is 1. The van der Waals surface area contributed by atoms with E-state index in [9.17, 15) is 4.79 Å². The Balaban J connectivity index is 1.75. The third kappa shape index (κ3) is 2.41. The van der Waals surface area contributed by atoms with Gasteiger partial charge in [-0.3, -0.25) is 4.79 Å². The van der Waals surface area contributed by atoms with E-state index in [4.69, 9.17) is 0 Å². The maximum absolute atomic E-state index is 10.9. The highest BCUT2D eigenvalue weighted by Crippen LogP contribution is 2.34. The molecule has 0 spiro atoms. The molecule has 5 heteroatoms. The smallest absolute Gasteiger partial charge is 0.186 e. The Morgan fingerprint density at radius 1 is 1.37 bits per heavy atom. The van der Waals surface area contributed by atoms with Gasteiger partial charge in [0.2, 0.25) is 0 Å². The number of fused-ring (bicyclic) bond motifs is 1. The SMILES string of the molecule is Cc1nc(N2CCC3C(CCCN3C)C2)sc1C=O. The molecule has 2 saturated heterocycles. The van der Waals surface area contributed by atoms with Gasteiger partial charge in [-0.25, -0.2) is 4.98 Å². The van der Waals surface area contributed by atoms with Crippen LogP contribution in [0.25, 0.3) is 0 Å². The molecule has 0 aliphatic carbocycles. The minimum atomic E-state index is 0.747. The first kappa shape index (κ1) is 13.1. The fraction of sp³-hybridized carbons (Fsp3) is 0.714. The van der Waals surface area contributed by atoms with Gasteiger partial charge in [-0.1, -0.05) is 11.3 Å². The molecule has 0 radical (unpaired) electrons. The van der Waals surface area contributed by atoms with Crippen LogP contribution in [0.1, 0.15) is 34.6 Å². The van der Waals surface area contributed by atoms with Crippen molar-refractivity contribution < 1.29 is 4.79 Å². The van der Waals surface area contributed by atoms with E-state index in [1.807, 2.05) is 6.92 Å². The fourth-order valence-electron chi connectivity index (χ4n) is 3.46. The topological polar surface area (TPSA) is 36.4 Å². The molecule has 0 aromatic carbocycles. The predicted molar refractivity (Wildman–Crippen MR) is 78.2 cm³/mol. The van der Waals surface area contributed by atoms with Gasteiger partial charge >= 0.3 is 0 Å². The van der Waals surface area contributed by atoms with Crippen molar-refractivity contribution in [2.45, 2.75) is 32.2 Å². The van der Waals surface area contributed by atoms with Crippen molar-refractivity contribution in [2.75, 3.05) is 31.6 Å². The fourth-order valence-corrected chi connectivity index (χ4v) is 4.38. The van der Waals surface area contributed by atoms with E-state index in [-0.39, 0.29) is 0 Å². The summed E-state index contributed by atoms with van der Waals surface area (Å²) in [5.41, 5.74) is 0.873. The second-order valence-corrected chi connectivity index (χ2v) is 6.76. The number of nitrogens with zero attached hydrogens (tertiary/aromatic N) is 3. The van der Waals surface area contributed by atoms with Crippen LogP contribution in [0, 0.1) is 12.8 Å². The molecular weight excluding hydrogens is 258 g/mol. The highest BCUT2D eigenvalue weighted by molar-refractivity contribution is 7.17. The van der Waals surface area contributed by atoms with Crippen LogP contribution in [-0.2, 0) is 0 Å². The van der Waals surface area contributed by atoms with Gasteiger partial charge in [-0.2, -0.15) is 0 Å². The van der Waals surface area contributed by atoms with Crippen LogP contribution in [0.5, 0.6) is 0 Å². The maximum Gasteiger partial charge on any atom is 0.186 e. The molecule has 1 aromatic heterocycles. The molecule has 1 aromatic rings. The number of anilines is 1. The molecule has 0 saturated carbocycles. The van der Waals surface area contributed by atoms with Gasteiger partial charge in [0.05, 0.1) is 10.6 Å². The number of hydrogen-bond donors (Lipinski definition) is 0. The van der Waals surface area contributed by atoms with Crippen LogP contribution in [0.4, 0.5) is 5.13 Å². The summed E-state index contributed by atoms with van der Waals surface area (Å²) >= 11 is 1.54. The standard InChI is InChI=1S/C14H21N3OS/c1-10-13(9-18)19-14(15-10)17-7-5-12-11(8-17)4-3-6-16(12)2/h9,11-12H,3-8H2,1-2H3. The first-order chi connectivity index (χ1) is 9.19. The van der Waals surface area contributed by atoms with Gasteiger partial charge in [-0.15, -0.1) is 0 Å². The Morgan fingerprint density at radius 2 is 2.21 bits per heavy atom. The van der Waals surface area contributed by atoms with Gasteiger partial charge in [-0.05, 0) is 45.7 Å². The molecule has 0 bridgehead atoms. The quantitative estimate of drug-likeness (QED) is 0.778. The maximum atomic E-state index is 10.9. The van der Waals surface area contributed by atoms with Crippen molar-refractivity contribution in [3.05, 3.63) is 10.6 Å². The van der Waals surface area contributed by atoms with Crippen molar-refractivity contribution in [1.82, 2.24) is 9.88 Å². The number of aromatic nitrogens is 1.